The number of halogens is 4. The van der Waals surface area contributed by atoms with Gasteiger partial charge in [-0.2, -0.15) is 0 Å². The number of anilines is 1. The zero-order valence-electron chi connectivity index (χ0n) is 10.4. The summed E-state index contributed by atoms with van der Waals surface area (Å²) >= 11 is 10.4. The van der Waals surface area contributed by atoms with Crippen LogP contribution in [0.1, 0.15) is 18.5 Å². The molecule has 1 atom stereocenters. The smallest absolute Gasteiger partial charge is 0.126 e. The van der Waals surface area contributed by atoms with Crippen molar-refractivity contribution in [2.75, 3.05) is 5.32 Å². The van der Waals surface area contributed by atoms with Gasteiger partial charge in [-0.1, -0.05) is 22.0 Å². The summed E-state index contributed by atoms with van der Waals surface area (Å²) in [6, 6.07) is 7.68. The maximum Gasteiger partial charge on any atom is 0.126 e. The molecule has 0 saturated heterocycles. The Balaban J connectivity index is 2.30. The molecule has 0 aliphatic rings. The van der Waals surface area contributed by atoms with Crippen molar-refractivity contribution in [1.29, 1.82) is 0 Å². The first kappa shape index (κ1) is 15.8. The predicted molar refractivity (Wildman–Crippen MR) is 89.6 cm³/mol. The van der Waals surface area contributed by atoms with Gasteiger partial charge in [-0.15, -0.1) is 0 Å². The molecular formula is C14H11Br3FNO. The highest BCUT2D eigenvalue weighted by molar-refractivity contribution is 9.11. The number of phenols is 1. The van der Waals surface area contributed by atoms with Crippen molar-refractivity contribution < 1.29 is 9.50 Å². The molecule has 106 valence electrons. The second-order valence-electron chi connectivity index (χ2n) is 4.31. The van der Waals surface area contributed by atoms with E-state index in [-0.39, 0.29) is 11.8 Å². The molecule has 0 aromatic heterocycles. The standard InChI is InChI=1S/C14H11Br3FNO/c1-7(10-3-2-9(18)6-13(10)20)19-14-11(16)4-8(15)5-12(14)17/h2-7,19-20H,1H3. The molecule has 0 amide bonds. The number of benzene rings is 2. The molecule has 0 spiro atoms. The lowest BCUT2D eigenvalue weighted by molar-refractivity contribution is 0.459. The number of nitrogens with one attached hydrogen (secondary N) is 1. The number of hydrogen-bond acceptors (Lipinski definition) is 2. The third kappa shape index (κ3) is 3.54. The van der Waals surface area contributed by atoms with Crippen LogP contribution in [0.4, 0.5) is 10.1 Å². The van der Waals surface area contributed by atoms with Gasteiger partial charge >= 0.3 is 0 Å². The molecule has 2 aromatic carbocycles. The first-order valence-corrected chi connectivity index (χ1v) is 8.16. The monoisotopic (exact) mass is 465 g/mol. The Bertz CT molecular complexity index is 625. The SMILES string of the molecule is CC(Nc1c(Br)cc(Br)cc1Br)c1ccc(F)cc1O. The minimum absolute atomic E-state index is 0.0608. The van der Waals surface area contributed by atoms with Crippen molar-refractivity contribution in [3.05, 3.63) is 55.1 Å². The summed E-state index contributed by atoms with van der Waals surface area (Å²) in [7, 11) is 0. The molecule has 2 aromatic rings. The Morgan fingerprint density at radius 2 is 1.70 bits per heavy atom. The Morgan fingerprint density at radius 3 is 2.25 bits per heavy atom. The van der Waals surface area contributed by atoms with Gasteiger partial charge in [0.15, 0.2) is 0 Å². The quantitative estimate of drug-likeness (QED) is 0.581. The van der Waals surface area contributed by atoms with E-state index < -0.39 is 5.82 Å². The summed E-state index contributed by atoms with van der Waals surface area (Å²) in [5, 5.41) is 13.1. The van der Waals surface area contributed by atoms with Crippen molar-refractivity contribution in [2.45, 2.75) is 13.0 Å². The van der Waals surface area contributed by atoms with Crippen LogP contribution in [0.3, 0.4) is 0 Å². The molecule has 2 N–H and O–H groups in total. The number of phenolic OH excluding ortho intramolecular Hbond substituents is 1. The fourth-order valence-corrected chi connectivity index (χ4v) is 4.34. The second-order valence-corrected chi connectivity index (χ2v) is 6.94. The van der Waals surface area contributed by atoms with Crippen molar-refractivity contribution in [3.8, 4) is 5.75 Å². The largest absolute Gasteiger partial charge is 0.507 e. The Hall–Kier alpha value is -0.590. The molecule has 0 radical (unpaired) electrons. The third-order valence-corrected chi connectivity index (χ3v) is 4.54. The Labute approximate surface area is 141 Å². The summed E-state index contributed by atoms with van der Waals surface area (Å²) < 4.78 is 15.7. The van der Waals surface area contributed by atoms with E-state index in [1.54, 1.807) is 6.07 Å². The zero-order valence-corrected chi connectivity index (χ0v) is 15.2. The summed E-state index contributed by atoms with van der Waals surface area (Å²) in [6.07, 6.45) is 0. The molecule has 0 aliphatic carbocycles. The fraction of sp³-hybridized carbons (Fsp3) is 0.143. The first-order chi connectivity index (χ1) is 9.38. The van der Waals surface area contributed by atoms with Gasteiger partial charge in [-0.05, 0) is 57.0 Å². The number of aromatic hydroxyl groups is 1. The average molecular weight is 468 g/mol. The van der Waals surface area contributed by atoms with Gasteiger partial charge in [0.25, 0.3) is 0 Å². The topological polar surface area (TPSA) is 32.3 Å². The molecule has 6 heteroatoms. The normalized spacial score (nSPS) is 12.2. The summed E-state index contributed by atoms with van der Waals surface area (Å²) in [5.74, 6) is -0.515. The summed E-state index contributed by atoms with van der Waals surface area (Å²) in [5.41, 5.74) is 1.50. The van der Waals surface area contributed by atoms with Crippen LogP contribution >= 0.6 is 47.8 Å². The highest BCUT2D eigenvalue weighted by atomic mass is 79.9. The number of hydrogen-bond donors (Lipinski definition) is 2. The summed E-state index contributed by atoms with van der Waals surface area (Å²) in [6.45, 7) is 1.90. The molecular weight excluding hydrogens is 457 g/mol. The van der Waals surface area contributed by atoms with Crippen LogP contribution in [0.5, 0.6) is 5.75 Å². The molecule has 0 aliphatic heterocycles. The molecule has 1 unspecified atom stereocenters. The Morgan fingerprint density at radius 1 is 1.10 bits per heavy atom. The van der Waals surface area contributed by atoms with Crippen LogP contribution in [0.2, 0.25) is 0 Å². The van der Waals surface area contributed by atoms with E-state index in [9.17, 15) is 9.50 Å². The summed E-state index contributed by atoms with van der Waals surface area (Å²) in [4.78, 5) is 0. The zero-order chi connectivity index (χ0) is 14.9. The van der Waals surface area contributed by atoms with Crippen molar-refractivity contribution in [2.24, 2.45) is 0 Å². The van der Waals surface area contributed by atoms with Crippen molar-refractivity contribution in [1.82, 2.24) is 0 Å². The minimum atomic E-state index is -0.454. The van der Waals surface area contributed by atoms with Gasteiger partial charge in [0.05, 0.1) is 11.7 Å². The van der Waals surface area contributed by atoms with E-state index >= 15 is 0 Å². The molecule has 0 saturated carbocycles. The second kappa shape index (κ2) is 6.45. The van der Waals surface area contributed by atoms with E-state index in [0.717, 1.165) is 25.2 Å². The van der Waals surface area contributed by atoms with Gasteiger partial charge in [0, 0.05) is 25.0 Å². The van der Waals surface area contributed by atoms with Gasteiger partial charge in [0.1, 0.15) is 11.6 Å². The fourth-order valence-electron chi connectivity index (χ4n) is 1.86. The van der Waals surface area contributed by atoms with Gasteiger partial charge in [-0.25, -0.2) is 4.39 Å². The highest BCUT2D eigenvalue weighted by Gasteiger charge is 2.14. The van der Waals surface area contributed by atoms with Crippen LogP contribution in [0, 0.1) is 5.82 Å². The highest BCUT2D eigenvalue weighted by Crippen LogP contribution is 2.37. The van der Waals surface area contributed by atoms with Crippen LogP contribution in [-0.4, -0.2) is 5.11 Å². The van der Waals surface area contributed by atoms with Gasteiger partial charge in [0.2, 0.25) is 0 Å². The van der Waals surface area contributed by atoms with Crippen LogP contribution in [0.25, 0.3) is 0 Å². The van der Waals surface area contributed by atoms with E-state index in [0.29, 0.717) is 5.56 Å². The lowest BCUT2D eigenvalue weighted by Gasteiger charge is -2.19. The maximum absolute atomic E-state index is 13.0. The minimum Gasteiger partial charge on any atom is -0.507 e. The van der Waals surface area contributed by atoms with Gasteiger partial charge < -0.3 is 10.4 Å². The van der Waals surface area contributed by atoms with Crippen molar-refractivity contribution in [3.63, 3.8) is 0 Å². The van der Waals surface area contributed by atoms with E-state index in [1.165, 1.54) is 6.07 Å². The maximum atomic E-state index is 13.0. The van der Waals surface area contributed by atoms with E-state index in [4.69, 9.17) is 0 Å². The third-order valence-electron chi connectivity index (χ3n) is 2.83. The number of rotatable bonds is 3. The molecule has 0 heterocycles. The molecule has 2 rings (SSSR count). The van der Waals surface area contributed by atoms with Crippen LogP contribution in [0.15, 0.2) is 43.7 Å². The molecule has 0 fully saturated rings. The molecule has 20 heavy (non-hydrogen) atoms. The van der Waals surface area contributed by atoms with Crippen LogP contribution < -0.4 is 5.32 Å². The lowest BCUT2D eigenvalue weighted by Crippen LogP contribution is -2.08. The molecule has 0 bridgehead atoms. The van der Waals surface area contributed by atoms with Crippen LogP contribution in [-0.2, 0) is 0 Å². The van der Waals surface area contributed by atoms with Crippen molar-refractivity contribution >= 4 is 53.5 Å². The average Bonchev–Trinajstić information content (AvgIpc) is 2.33. The first-order valence-electron chi connectivity index (χ1n) is 5.78. The van der Waals surface area contributed by atoms with E-state index in [2.05, 4.69) is 53.1 Å². The molecule has 2 nitrogen and oxygen atoms in total. The van der Waals surface area contributed by atoms with Gasteiger partial charge in [-0.3, -0.25) is 0 Å². The van der Waals surface area contributed by atoms with E-state index in [1.807, 2.05) is 19.1 Å². The lowest BCUT2D eigenvalue weighted by atomic mass is 10.1. The predicted octanol–water partition coefficient (Wildman–Crippen LogP) is 5.99. The Kier molecular flexibility index (Phi) is 5.09.